The molecule has 1 fully saturated rings. The number of hydrogen-bond acceptors (Lipinski definition) is 5. The highest BCUT2D eigenvalue weighted by Gasteiger charge is 2.33. The van der Waals surface area contributed by atoms with Crippen LogP contribution in [0.4, 0.5) is 19.0 Å². The maximum absolute atomic E-state index is 13.2. The maximum atomic E-state index is 13.2. The number of carbonyl (C=O) groups is 1. The number of carbonyl (C=O) groups excluding carboxylic acids is 1. The zero-order valence-electron chi connectivity index (χ0n) is 16.2. The van der Waals surface area contributed by atoms with Crippen LogP contribution < -0.4 is 10.2 Å². The fraction of sp³-hybridized carbons (Fsp3) is 0.350. The van der Waals surface area contributed by atoms with Gasteiger partial charge >= 0.3 is 6.18 Å². The lowest BCUT2D eigenvalue weighted by atomic mass is 10.1. The predicted molar refractivity (Wildman–Crippen MR) is 110 cm³/mol. The number of rotatable bonds is 4. The van der Waals surface area contributed by atoms with Crippen LogP contribution in [-0.4, -0.2) is 45.1 Å². The average molecular weight is 435 g/mol. The van der Waals surface area contributed by atoms with Crippen LogP contribution in [0.15, 0.2) is 36.5 Å². The third-order valence-corrected chi connectivity index (χ3v) is 5.80. The number of aromatic nitrogens is 3. The van der Waals surface area contributed by atoms with E-state index in [4.69, 9.17) is 0 Å². The van der Waals surface area contributed by atoms with Gasteiger partial charge in [-0.05, 0) is 18.6 Å². The molecule has 158 valence electrons. The number of hydrogen-bond donors (Lipinski definition) is 1. The summed E-state index contributed by atoms with van der Waals surface area (Å²) in [5, 5.41) is 6.87. The summed E-state index contributed by atoms with van der Waals surface area (Å²) in [4.78, 5) is 19.4. The molecule has 4 rings (SSSR count). The van der Waals surface area contributed by atoms with Crippen LogP contribution in [0.25, 0.3) is 5.52 Å². The van der Waals surface area contributed by atoms with E-state index < -0.39 is 17.6 Å². The lowest BCUT2D eigenvalue weighted by molar-refractivity contribution is -0.138. The Balaban J connectivity index is 1.57. The summed E-state index contributed by atoms with van der Waals surface area (Å²) in [5.41, 5.74) is 0.856. The standard InChI is InChI=1S/C20H20F3N5OS/c1-13-12-28-17(18(25-13)27-6-8-30-9-7-27)10-16(26-28)19(29)24-11-14-4-2-3-5-15(14)20(21,22)23/h2-5,10,12H,6-9,11H2,1H3,(H,24,29). The van der Waals surface area contributed by atoms with Gasteiger partial charge in [-0.1, -0.05) is 18.2 Å². The van der Waals surface area contributed by atoms with Gasteiger partial charge in [0.15, 0.2) is 11.5 Å². The number of fused-ring (bicyclic) bond motifs is 1. The minimum absolute atomic E-state index is 0.00568. The van der Waals surface area contributed by atoms with E-state index in [-0.39, 0.29) is 17.8 Å². The highest BCUT2D eigenvalue weighted by atomic mass is 32.2. The van der Waals surface area contributed by atoms with Crippen LogP contribution >= 0.6 is 11.8 Å². The first kappa shape index (κ1) is 20.5. The van der Waals surface area contributed by atoms with E-state index in [2.05, 4.69) is 20.3 Å². The Morgan fingerprint density at radius 2 is 1.97 bits per heavy atom. The second-order valence-corrected chi connectivity index (χ2v) is 8.23. The van der Waals surface area contributed by atoms with E-state index in [1.54, 1.807) is 16.8 Å². The monoisotopic (exact) mass is 435 g/mol. The first-order valence-electron chi connectivity index (χ1n) is 9.46. The first-order valence-corrected chi connectivity index (χ1v) is 10.6. The fourth-order valence-electron chi connectivity index (χ4n) is 3.43. The molecule has 0 radical (unpaired) electrons. The van der Waals surface area contributed by atoms with E-state index in [1.165, 1.54) is 18.2 Å². The fourth-order valence-corrected chi connectivity index (χ4v) is 4.33. The Labute approximate surface area is 175 Å². The van der Waals surface area contributed by atoms with Gasteiger partial charge in [0.25, 0.3) is 5.91 Å². The average Bonchev–Trinajstić information content (AvgIpc) is 3.15. The number of thioether (sulfide) groups is 1. The molecule has 1 amide bonds. The van der Waals surface area contributed by atoms with Crippen molar-refractivity contribution in [1.29, 1.82) is 0 Å². The lowest BCUT2D eigenvalue weighted by Crippen LogP contribution is -2.33. The van der Waals surface area contributed by atoms with Crippen molar-refractivity contribution in [1.82, 2.24) is 19.9 Å². The largest absolute Gasteiger partial charge is 0.416 e. The van der Waals surface area contributed by atoms with Crippen molar-refractivity contribution in [2.75, 3.05) is 29.5 Å². The highest BCUT2D eigenvalue weighted by Crippen LogP contribution is 2.31. The van der Waals surface area contributed by atoms with E-state index in [9.17, 15) is 18.0 Å². The molecule has 30 heavy (non-hydrogen) atoms. The Morgan fingerprint density at radius 3 is 2.70 bits per heavy atom. The van der Waals surface area contributed by atoms with E-state index in [0.29, 0.717) is 5.52 Å². The van der Waals surface area contributed by atoms with Crippen LogP contribution in [0, 0.1) is 6.92 Å². The summed E-state index contributed by atoms with van der Waals surface area (Å²) in [6.07, 6.45) is -2.75. The number of aryl methyl sites for hydroxylation is 1. The summed E-state index contributed by atoms with van der Waals surface area (Å²) in [6, 6.07) is 6.83. The van der Waals surface area contributed by atoms with Crippen LogP contribution in [0.3, 0.4) is 0 Å². The van der Waals surface area contributed by atoms with Crippen molar-refractivity contribution < 1.29 is 18.0 Å². The molecule has 3 aromatic rings. The smallest absolute Gasteiger partial charge is 0.353 e. The number of nitrogens with zero attached hydrogens (tertiary/aromatic N) is 4. The van der Waals surface area contributed by atoms with Gasteiger partial charge in [0.05, 0.1) is 17.5 Å². The van der Waals surface area contributed by atoms with Gasteiger partial charge in [-0.25, -0.2) is 9.50 Å². The Hall–Kier alpha value is -2.75. The first-order chi connectivity index (χ1) is 14.3. The summed E-state index contributed by atoms with van der Waals surface area (Å²) in [6.45, 7) is 3.34. The Kier molecular flexibility index (Phi) is 5.59. The van der Waals surface area contributed by atoms with Crippen LogP contribution in [-0.2, 0) is 12.7 Å². The van der Waals surface area contributed by atoms with Gasteiger partial charge in [-0.2, -0.15) is 30.0 Å². The normalized spacial score (nSPS) is 14.9. The van der Waals surface area contributed by atoms with Crippen molar-refractivity contribution in [3.63, 3.8) is 0 Å². The summed E-state index contributed by atoms with van der Waals surface area (Å²) < 4.78 is 41.1. The summed E-state index contributed by atoms with van der Waals surface area (Å²) >= 11 is 1.88. The predicted octanol–water partition coefficient (Wildman–Crippen LogP) is 3.54. The molecule has 1 aromatic carbocycles. The quantitative estimate of drug-likeness (QED) is 0.679. The zero-order valence-corrected chi connectivity index (χ0v) is 17.1. The molecule has 1 aliphatic rings. The molecule has 1 N–H and O–H groups in total. The number of amides is 1. The number of alkyl halides is 3. The van der Waals surface area contributed by atoms with Crippen LogP contribution in [0.2, 0.25) is 0 Å². The number of nitrogens with one attached hydrogen (secondary N) is 1. The van der Waals surface area contributed by atoms with Gasteiger partial charge < -0.3 is 10.2 Å². The van der Waals surface area contributed by atoms with Gasteiger partial charge in [0.1, 0.15) is 5.52 Å². The molecule has 1 saturated heterocycles. The van der Waals surface area contributed by atoms with Crippen molar-refractivity contribution >= 4 is 29.0 Å². The molecule has 1 aliphatic heterocycles. The second-order valence-electron chi connectivity index (χ2n) is 7.00. The van der Waals surface area contributed by atoms with Gasteiger partial charge in [-0.15, -0.1) is 0 Å². The van der Waals surface area contributed by atoms with Crippen LogP contribution in [0.5, 0.6) is 0 Å². The molecule has 0 unspecified atom stereocenters. The number of benzene rings is 1. The molecule has 0 spiro atoms. The summed E-state index contributed by atoms with van der Waals surface area (Å²) in [5.74, 6) is 2.24. The summed E-state index contributed by atoms with van der Waals surface area (Å²) in [7, 11) is 0. The molecule has 0 saturated carbocycles. The topological polar surface area (TPSA) is 62.5 Å². The molecule has 0 bridgehead atoms. The lowest BCUT2D eigenvalue weighted by Gasteiger charge is -2.28. The SMILES string of the molecule is Cc1cn2nc(C(=O)NCc3ccccc3C(F)(F)F)cc2c(N2CCSCC2)n1. The maximum Gasteiger partial charge on any atom is 0.416 e. The molecular weight excluding hydrogens is 415 g/mol. The van der Waals surface area contributed by atoms with Crippen molar-refractivity contribution in [3.05, 3.63) is 59.0 Å². The molecule has 6 nitrogen and oxygen atoms in total. The molecule has 0 aliphatic carbocycles. The number of halogens is 3. The van der Waals surface area contributed by atoms with Gasteiger partial charge in [0.2, 0.25) is 0 Å². The molecule has 0 atom stereocenters. The van der Waals surface area contributed by atoms with Crippen molar-refractivity contribution in [3.8, 4) is 0 Å². The van der Waals surface area contributed by atoms with E-state index >= 15 is 0 Å². The molecule has 10 heteroatoms. The zero-order chi connectivity index (χ0) is 21.3. The molecule has 3 heterocycles. The minimum Gasteiger partial charge on any atom is -0.353 e. The van der Waals surface area contributed by atoms with Crippen LogP contribution in [0.1, 0.15) is 27.3 Å². The highest BCUT2D eigenvalue weighted by molar-refractivity contribution is 7.99. The Bertz CT molecular complexity index is 1080. The third-order valence-electron chi connectivity index (χ3n) is 4.86. The minimum atomic E-state index is -4.48. The van der Waals surface area contributed by atoms with Crippen molar-refractivity contribution in [2.45, 2.75) is 19.6 Å². The molecular formula is C20H20F3N5OS. The van der Waals surface area contributed by atoms with Gasteiger partial charge in [0, 0.05) is 37.2 Å². The molecule has 2 aromatic heterocycles. The van der Waals surface area contributed by atoms with Crippen molar-refractivity contribution in [2.24, 2.45) is 0 Å². The van der Waals surface area contributed by atoms with E-state index in [1.807, 2.05) is 18.7 Å². The number of anilines is 1. The third kappa shape index (κ3) is 4.23. The second kappa shape index (κ2) is 8.17. The van der Waals surface area contributed by atoms with E-state index in [0.717, 1.165) is 42.2 Å². The Morgan fingerprint density at radius 1 is 1.23 bits per heavy atom. The van der Waals surface area contributed by atoms with Gasteiger partial charge in [-0.3, -0.25) is 4.79 Å².